The van der Waals surface area contributed by atoms with Gasteiger partial charge in [0.05, 0.1) is 0 Å². The van der Waals surface area contributed by atoms with Gasteiger partial charge >= 0.3 is 0 Å². The smallest absolute Gasteiger partial charge is 0.0406 e. The Morgan fingerprint density at radius 2 is 1.89 bits per heavy atom. The van der Waals surface area contributed by atoms with Crippen LogP contribution in [0.4, 0.5) is 0 Å². The van der Waals surface area contributed by atoms with Gasteiger partial charge in [-0.15, -0.1) is 0 Å². The lowest BCUT2D eigenvalue weighted by atomic mass is 9.93. The van der Waals surface area contributed by atoms with Crippen LogP contribution in [0.3, 0.4) is 0 Å². The van der Waals surface area contributed by atoms with Crippen molar-refractivity contribution in [3.8, 4) is 0 Å². The molecule has 1 saturated carbocycles. The molecule has 0 saturated heterocycles. The number of nitrogens with one attached hydrogen (secondary N) is 1. The summed E-state index contributed by atoms with van der Waals surface area (Å²) in [6.45, 7) is 2.25. The minimum Gasteiger partial charge on any atom is -0.306 e. The molecule has 3 unspecified atom stereocenters. The number of benzene rings is 1. The van der Waals surface area contributed by atoms with Crippen molar-refractivity contribution in [3.63, 3.8) is 0 Å². The average Bonchev–Trinajstić information content (AvgIpc) is 2.40. The fourth-order valence-electron chi connectivity index (χ4n) is 2.74. The third-order valence-corrected chi connectivity index (χ3v) is 5.26. The second-order valence-electron chi connectivity index (χ2n) is 5.11. The van der Waals surface area contributed by atoms with Crippen molar-refractivity contribution in [1.82, 2.24) is 5.32 Å². The molecule has 1 nitrogen and oxygen atoms in total. The van der Waals surface area contributed by atoms with E-state index < -0.39 is 0 Å². The Morgan fingerprint density at radius 1 is 1.22 bits per heavy atom. The molecule has 1 aliphatic rings. The molecule has 1 N–H and O–H groups in total. The Balaban J connectivity index is 1.97. The molecule has 100 valence electrons. The Labute approximate surface area is 120 Å². The van der Waals surface area contributed by atoms with E-state index in [1.807, 2.05) is 23.9 Å². The Morgan fingerprint density at radius 3 is 2.56 bits per heavy atom. The van der Waals surface area contributed by atoms with Gasteiger partial charge in [0, 0.05) is 22.4 Å². The summed E-state index contributed by atoms with van der Waals surface area (Å²) in [6.07, 6.45) is 7.65. The predicted molar refractivity (Wildman–Crippen MR) is 82.6 cm³/mol. The maximum Gasteiger partial charge on any atom is 0.0406 e. The highest BCUT2D eigenvalue weighted by Crippen LogP contribution is 2.29. The third-order valence-electron chi connectivity index (χ3n) is 3.84. The van der Waals surface area contributed by atoms with Crippen molar-refractivity contribution in [2.75, 3.05) is 6.26 Å². The molecule has 0 aliphatic heterocycles. The highest BCUT2D eigenvalue weighted by atomic mass is 35.5. The first-order chi connectivity index (χ1) is 8.70. The van der Waals surface area contributed by atoms with Crippen molar-refractivity contribution >= 4 is 23.4 Å². The van der Waals surface area contributed by atoms with Gasteiger partial charge < -0.3 is 5.32 Å². The summed E-state index contributed by atoms with van der Waals surface area (Å²) in [4.78, 5) is 0. The lowest BCUT2D eigenvalue weighted by molar-refractivity contribution is 0.356. The number of thioether (sulfide) groups is 1. The standard InChI is InChI=1S/C15H22ClNS/c1-11(12-7-9-13(16)10-8-12)17-14-5-3-4-6-15(14)18-2/h7-11,14-15,17H,3-6H2,1-2H3. The van der Waals surface area contributed by atoms with Crippen LogP contribution < -0.4 is 5.32 Å². The van der Waals surface area contributed by atoms with Gasteiger partial charge in [-0.3, -0.25) is 0 Å². The molecule has 0 aromatic heterocycles. The minimum atomic E-state index is 0.403. The maximum atomic E-state index is 5.93. The second kappa shape index (κ2) is 6.83. The summed E-state index contributed by atoms with van der Waals surface area (Å²) in [5.74, 6) is 0. The van der Waals surface area contributed by atoms with E-state index in [9.17, 15) is 0 Å². The summed E-state index contributed by atoms with van der Waals surface area (Å²) >= 11 is 7.94. The van der Waals surface area contributed by atoms with Gasteiger partial charge in [0.2, 0.25) is 0 Å². The normalized spacial score (nSPS) is 25.9. The SMILES string of the molecule is CSC1CCCCC1NC(C)c1ccc(Cl)cc1. The Kier molecular flexibility index (Phi) is 5.40. The van der Waals surface area contributed by atoms with E-state index in [2.05, 4.69) is 30.6 Å². The molecule has 3 heteroatoms. The summed E-state index contributed by atoms with van der Waals surface area (Å²) in [6, 6.07) is 9.25. The summed E-state index contributed by atoms with van der Waals surface area (Å²) < 4.78 is 0. The molecule has 1 fully saturated rings. The Bertz CT molecular complexity index is 365. The monoisotopic (exact) mass is 283 g/mol. The highest BCUT2D eigenvalue weighted by Gasteiger charge is 2.25. The van der Waals surface area contributed by atoms with Gasteiger partial charge in [0.1, 0.15) is 0 Å². The van der Waals surface area contributed by atoms with E-state index >= 15 is 0 Å². The van der Waals surface area contributed by atoms with Crippen molar-refractivity contribution in [2.24, 2.45) is 0 Å². The lowest BCUT2D eigenvalue weighted by Gasteiger charge is -2.33. The van der Waals surface area contributed by atoms with Crippen molar-refractivity contribution in [1.29, 1.82) is 0 Å². The van der Waals surface area contributed by atoms with Gasteiger partial charge in [0.25, 0.3) is 0 Å². The van der Waals surface area contributed by atoms with Crippen molar-refractivity contribution in [3.05, 3.63) is 34.9 Å². The second-order valence-corrected chi connectivity index (χ2v) is 6.62. The molecular weight excluding hydrogens is 262 g/mol. The fourth-order valence-corrected chi connectivity index (χ4v) is 3.81. The third kappa shape index (κ3) is 3.66. The van der Waals surface area contributed by atoms with Gasteiger partial charge in [0.15, 0.2) is 0 Å². The van der Waals surface area contributed by atoms with Gasteiger partial charge in [-0.05, 0) is 43.7 Å². The molecule has 2 rings (SSSR count). The molecular formula is C15H22ClNS. The molecule has 0 amide bonds. The average molecular weight is 284 g/mol. The van der Waals surface area contributed by atoms with Gasteiger partial charge in [-0.1, -0.05) is 36.6 Å². The van der Waals surface area contributed by atoms with Crippen molar-refractivity contribution in [2.45, 2.75) is 49.9 Å². The highest BCUT2D eigenvalue weighted by molar-refractivity contribution is 7.99. The molecule has 18 heavy (non-hydrogen) atoms. The summed E-state index contributed by atoms with van der Waals surface area (Å²) in [5.41, 5.74) is 1.32. The van der Waals surface area contributed by atoms with Crippen LogP contribution in [-0.4, -0.2) is 17.5 Å². The molecule has 0 radical (unpaired) electrons. The van der Waals surface area contributed by atoms with Crippen LogP contribution in [0.2, 0.25) is 5.02 Å². The van der Waals surface area contributed by atoms with Crippen LogP contribution in [0.1, 0.15) is 44.2 Å². The molecule has 0 bridgehead atoms. The lowest BCUT2D eigenvalue weighted by Crippen LogP contribution is -2.41. The predicted octanol–water partition coefficient (Wildman–Crippen LogP) is 4.66. The van der Waals surface area contributed by atoms with E-state index in [0.29, 0.717) is 12.1 Å². The molecule has 1 aromatic carbocycles. The zero-order valence-electron chi connectivity index (χ0n) is 11.2. The quantitative estimate of drug-likeness (QED) is 0.862. The zero-order valence-corrected chi connectivity index (χ0v) is 12.7. The van der Waals surface area contributed by atoms with Gasteiger partial charge in [-0.25, -0.2) is 0 Å². The molecule has 1 aliphatic carbocycles. The first-order valence-electron chi connectivity index (χ1n) is 6.75. The number of hydrogen-bond acceptors (Lipinski definition) is 2. The topological polar surface area (TPSA) is 12.0 Å². The first kappa shape index (κ1) is 14.2. The van der Waals surface area contributed by atoms with Gasteiger partial charge in [-0.2, -0.15) is 11.8 Å². The molecule has 0 spiro atoms. The summed E-state index contributed by atoms with van der Waals surface area (Å²) in [5, 5.41) is 5.37. The van der Waals surface area contributed by atoms with Crippen LogP contribution in [-0.2, 0) is 0 Å². The zero-order chi connectivity index (χ0) is 13.0. The number of hydrogen-bond donors (Lipinski definition) is 1. The minimum absolute atomic E-state index is 0.403. The van der Waals surface area contributed by atoms with Crippen LogP contribution in [0.5, 0.6) is 0 Å². The largest absolute Gasteiger partial charge is 0.306 e. The van der Waals surface area contributed by atoms with Crippen LogP contribution >= 0.6 is 23.4 Å². The summed E-state index contributed by atoms with van der Waals surface area (Å²) in [7, 11) is 0. The molecule has 1 aromatic rings. The van der Waals surface area contributed by atoms with Crippen molar-refractivity contribution < 1.29 is 0 Å². The first-order valence-corrected chi connectivity index (χ1v) is 8.41. The Hall–Kier alpha value is -0.180. The maximum absolute atomic E-state index is 5.93. The van der Waals surface area contributed by atoms with Crippen LogP contribution in [0.15, 0.2) is 24.3 Å². The van der Waals surface area contributed by atoms with Crippen LogP contribution in [0.25, 0.3) is 0 Å². The van der Waals surface area contributed by atoms with E-state index in [1.165, 1.54) is 31.2 Å². The number of halogens is 1. The van der Waals surface area contributed by atoms with E-state index in [-0.39, 0.29) is 0 Å². The van der Waals surface area contributed by atoms with E-state index in [4.69, 9.17) is 11.6 Å². The fraction of sp³-hybridized carbons (Fsp3) is 0.600. The molecule has 3 atom stereocenters. The van der Waals surface area contributed by atoms with E-state index in [0.717, 1.165) is 10.3 Å². The van der Waals surface area contributed by atoms with Crippen LogP contribution in [0, 0.1) is 0 Å². The molecule has 0 heterocycles. The van der Waals surface area contributed by atoms with E-state index in [1.54, 1.807) is 0 Å². The number of rotatable bonds is 4.